The number of thiocarbonyl (C=S) groups is 1. The van der Waals surface area contributed by atoms with Gasteiger partial charge in [0, 0.05) is 11.6 Å². The fraction of sp³-hybridized carbons (Fsp3) is 0.364. The van der Waals surface area contributed by atoms with Gasteiger partial charge in [0.2, 0.25) is 0 Å². The van der Waals surface area contributed by atoms with Crippen LogP contribution in [0, 0.1) is 5.82 Å². The van der Waals surface area contributed by atoms with Gasteiger partial charge in [-0.1, -0.05) is 12.2 Å². The van der Waals surface area contributed by atoms with Crippen molar-refractivity contribution in [2.24, 2.45) is 5.73 Å². The van der Waals surface area contributed by atoms with Gasteiger partial charge in [0.1, 0.15) is 4.99 Å². The Morgan fingerprint density at radius 3 is 2.74 bits per heavy atom. The van der Waals surface area contributed by atoms with Crippen molar-refractivity contribution in [2.45, 2.75) is 12.5 Å². The molecule has 3 N–H and O–H groups in total. The number of halogens is 2. The third-order valence-corrected chi connectivity index (χ3v) is 5.70. The van der Waals surface area contributed by atoms with E-state index < -0.39 is 15.7 Å². The zero-order chi connectivity index (χ0) is 14.2. The van der Waals surface area contributed by atoms with E-state index in [1.807, 2.05) is 0 Å². The molecule has 0 saturated carbocycles. The summed E-state index contributed by atoms with van der Waals surface area (Å²) < 4.78 is 37.0. The third-order valence-electron chi connectivity index (χ3n) is 2.94. The van der Waals surface area contributed by atoms with Gasteiger partial charge in [-0.3, -0.25) is 0 Å². The Hall–Kier alpha value is -0.730. The molecular formula is C11H12BrFN2O2S2. The van der Waals surface area contributed by atoms with E-state index in [1.54, 1.807) is 6.07 Å². The maximum Gasteiger partial charge on any atom is 0.161 e. The molecule has 1 aromatic carbocycles. The molecule has 104 valence electrons. The molecule has 0 aromatic heterocycles. The van der Waals surface area contributed by atoms with E-state index in [4.69, 9.17) is 18.0 Å². The Morgan fingerprint density at radius 2 is 2.21 bits per heavy atom. The molecule has 8 heteroatoms. The molecule has 1 aromatic rings. The average molecular weight is 367 g/mol. The number of benzene rings is 1. The molecule has 1 heterocycles. The van der Waals surface area contributed by atoms with Crippen LogP contribution >= 0.6 is 28.1 Å². The monoisotopic (exact) mass is 366 g/mol. The van der Waals surface area contributed by atoms with E-state index in [0.717, 1.165) is 0 Å². The topological polar surface area (TPSA) is 72.2 Å². The lowest BCUT2D eigenvalue weighted by Crippen LogP contribution is -2.21. The van der Waals surface area contributed by atoms with Gasteiger partial charge in [0.05, 0.1) is 21.7 Å². The summed E-state index contributed by atoms with van der Waals surface area (Å²) >= 11 is 7.91. The predicted octanol–water partition coefficient (Wildman–Crippen LogP) is 1.82. The first-order valence-corrected chi connectivity index (χ1v) is 8.57. The van der Waals surface area contributed by atoms with Gasteiger partial charge in [0.25, 0.3) is 0 Å². The minimum Gasteiger partial charge on any atom is -0.389 e. The summed E-state index contributed by atoms with van der Waals surface area (Å²) in [5, 5.41) is 2.90. The molecule has 0 spiro atoms. The molecule has 0 aliphatic carbocycles. The van der Waals surface area contributed by atoms with Crippen LogP contribution in [-0.4, -0.2) is 31.0 Å². The summed E-state index contributed by atoms with van der Waals surface area (Å²) in [5.41, 5.74) is 6.13. The highest BCUT2D eigenvalue weighted by Crippen LogP contribution is 2.28. The van der Waals surface area contributed by atoms with Crippen LogP contribution in [0.3, 0.4) is 0 Å². The van der Waals surface area contributed by atoms with Gasteiger partial charge in [-0.25, -0.2) is 12.8 Å². The Bertz CT molecular complexity index is 634. The number of hydrogen-bond donors (Lipinski definition) is 2. The average Bonchev–Trinajstić information content (AvgIpc) is 2.64. The van der Waals surface area contributed by atoms with Crippen LogP contribution in [0.1, 0.15) is 12.0 Å². The quantitative estimate of drug-likeness (QED) is 0.798. The van der Waals surface area contributed by atoms with Crippen molar-refractivity contribution >= 4 is 48.7 Å². The third kappa shape index (κ3) is 3.24. The lowest BCUT2D eigenvalue weighted by Gasteiger charge is -2.15. The first-order chi connectivity index (χ1) is 8.80. The minimum atomic E-state index is -3.00. The summed E-state index contributed by atoms with van der Waals surface area (Å²) in [7, 11) is -3.00. The molecular weight excluding hydrogens is 355 g/mol. The summed E-state index contributed by atoms with van der Waals surface area (Å²) in [5.74, 6) is -0.353. The number of hydrogen-bond acceptors (Lipinski definition) is 4. The molecule has 4 nitrogen and oxygen atoms in total. The molecule has 1 aliphatic heterocycles. The van der Waals surface area contributed by atoms with E-state index in [0.29, 0.717) is 12.0 Å². The van der Waals surface area contributed by atoms with Crippen LogP contribution in [0.2, 0.25) is 0 Å². The van der Waals surface area contributed by atoms with Gasteiger partial charge in [-0.2, -0.15) is 0 Å². The Labute approximate surface area is 124 Å². The normalized spacial score (nSPS) is 21.3. The lowest BCUT2D eigenvalue weighted by atomic mass is 10.1. The predicted molar refractivity (Wildman–Crippen MR) is 80.7 cm³/mol. The Kier molecular flexibility index (Phi) is 4.12. The maximum atomic E-state index is 14.1. The first-order valence-electron chi connectivity index (χ1n) is 5.55. The second kappa shape index (κ2) is 5.34. The number of nitrogens with two attached hydrogens (primary N) is 1. The van der Waals surface area contributed by atoms with E-state index in [-0.39, 0.29) is 32.7 Å². The molecule has 1 atom stereocenters. The zero-order valence-corrected chi connectivity index (χ0v) is 13.0. The Morgan fingerprint density at radius 1 is 1.53 bits per heavy atom. The van der Waals surface area contributed by atoms with Crippen LogP contribution in [0.4, 0.5) is 10.1 Å². The highest BCUT2D eigenvalue weighted by Gasteiger charge is 2.28. The van der Waals surface area contributed by atoms with Crippen molar-refractivity contribution in [3.8, 4) is 0 Å². The summed E-state index contributed by atoms with van der Waals surface area (Å²) in [6, 6.07) is 2.85. The van der Waals surface area contributed by atoms with Crippen molar-refractivity contribution in [1.82, 2.24) is 0 Å². The van der Waals surface area contributed by atoms with E-state index >= 15 is 0 Å². The number of anilines is 1. The summed E-state index contributed by atoms with van der Waals surface area (Å²) in [4.78, 5) is 0.0979. The summed E-state index contributed by atoms with van der Waals surface area (Å²) in [6.45, 7) is 0. The van der Waals surface area contributed by atoms with Crippen LogP contribution in [0.15, 0.2) is 16.6 Å². The van der Waals surface area contributed by atoms with Crippen LogP contribution < -0.4 is 11.1 Å². The van der Waals surface area contributed by atoms with Crippen molar-refractivity contribution < 1.29 is 12.8 Å². The minimum absolute atomic E-state index is 0.0289. The number of sulfone groups is 1. The molecule has 0 bridgehead atoms. The SMILES string of the molecule is NC(=S)c1ccc(NC2CCS(=O)(=O)C2)c(F)c1Br. The van der Waals surface area contributed by atoms with Gasteiger partial charge >= 0.3 is 0 Å². The molecule has 1 fully saturated rings. The van der Waals surface area contributed by atoms with Gasteiger partial charge in [-0.15, -0.1) is 0 Å². The second-order valence-electron chi connectivity index (χ2n) is 4.40. The van der Waals surface area contributed by atoms with Crippen LogP contribution in [0.5, 0.6) is 0 Å². The zero-order valence-electron chi connectivity index (χ0n) is 9.82. The number of nitrogens with one attached hydrogen (secondary N) is 1. The molecule has 1 saturated heterocycles. The highest BCUT2D eigenvalue weighted by atomic mass is 79.9. The largest absolute Gasteiger partial charge is 0.389 e. The van der Waals surface area contributed by atoms with Crippen LogP contribution in [-0.2, 0) is 9.84 Å². The molecule has 0 radical (unpaired) electrons. The van der Waals surface area contributed by atoms with Crippen LogP contribution in [0.25, 0.3) is 0 Å². The fourth-order valence-corrected chi connectivity index (χ4v) is 4.51. The van der Waals surface area contributed by atoms with Crippen molar-refractivity contribution in [3.05, 3.63) is 28.0 Å². The van der Waals surface area contributed by atoms with E-state index in [9.17, 15) is 12.8 Å². The van der Waals surface area contributed by atoms with Gasteiger partial charge in [0.15, 0.2) is 15.7 Å². The highest BCUT2D eigenvalue weighted by molar-refractivity contribution is 9.10. The smallest absolute Gasteiger partial charge is 0.161 e. The standard InChI is InChI=1S/C11H12BrFN2O2S2/c12-9-7(11(14)18)1-2-8(10(9)13)15-6-3-4-19(16,17)5-6/h1-2,6,15H,3-5H2,(H2,14,18). The number of rotatable bonds is 3. The second-order valence-corrected chi connectivity index (χ2v) is 7.86. The van der Waals surface area contributed by atoms with Crippen molar-refractivity contribution in [2.75, 3.05) is 16.8 Å². The van der Waals surface area contributed by atoms with Gasteiger partial charge in [-0.05, 0) is 34.5 Å². The van der Waals surface area contributed by atoms with Crippen molar-refractivity contribution in [3.63, 3.8) is 0 Å². The molecule has 19 heavy (non-hydrogen) atoms. The molecule has 1 aliphatic rings. The summed E-state index contributed by atoms with van der Waals surface area (Å²) in [6.07, 6.45) is 0.483. The first kappa shape index (κ1) is 14.7. The van der Waals surface area contributed by atoms with Crippen molar-refractivity contribution in [1.29, 1.82) is 0 Å². The lowest BCUT2D eigenvalue weighted by molar-refractivity contribution is 0.601. The van der Waals surface area contributed by atoms with E-state index in [1.165, 1.54) is 6.07 Å². The molecule has 1 unspecified atom stereocenters. The molecule has 2 rings (SSSR count). The van der Waals surface area contributed by atoms with E-state index in [2.05, 4.69) is 21.2 Å². The molecule has 0 amide bonds. The fourth-order valence-electron chi connectivity index (χ4n) is 1.98. The Balaban J connectivity index is 2.23. The van der Waals surface area contributed by atoms with Gasteiger partial charge < -0.3 is 11.1 Å². The maximum absolute atomic E-state index is 14.1.